The summed E-state index contributed by atoms with van der Waals surface area (Å²) in [5.74, 6) is 0.790. The van der Waals surface area contributed by atoms with Crippen molar-refractivity contribution in [3.05, 3.63) is 53.1 Å². The molecular formula is C23H31ClO. The van der Waals surface area contributed by atoms with Gasteiger partial charge < -0.3 is 4.74 Å². The molecule has 0 aromatic heterocycles. The number of ether oxygens (including phenoxy) is 1. The van der Waals surface area contributed by atoms with Gasteiger partial charge in [0, 0.05) is 0 Å². The Morgan fingerprint density at radius 3 is 2.12 bits per heavy atom. The minimum atomic E-state index is 0.694. The number of unbranched alkanes of at least 4 members (excludes halogenated alkanes) is 5. The van der Waals surface area contributed by atoms with Crippen LogP contribution in [0, 0.1) is 0 Å². The van der Waals surface area contributed by atoms with Crippen LogP contribution < -0.4 is 4.74 Å². The summed E-state index contributed by atoms with van der Waals surface area (Å²) in [6.45, 7) is 5.20. The molecule has 2 aromatic rings. The van der Waals surface area contributed by atoms with Gasteiger partial charge in [-0.05, 0) is 48.1 Å². The van der Waals surface area contributed by atoms with Crippen molar-refractivity contribution >= 4 is 11.6 Å². The average Bonchev–Trinajstić information content (AvgIpc) is 2.63. The summed E-state index contributed by atoms with van der Waals surface area (Å²) in [6.07, 6.45) is 9.83. The molecule has 25 heavy (non-hydrogen) atoms. The maximum atomic E-state index is 6.41. The molecule has 0 saturated carbocycles. The van der Waals surface area contributed by atoms with Crippen molar-refractivity contribution in [3.8, 4) is 16.9 Å². The van der Waals surface area contributed by atoms with Crippen LogP contribution in [-0.4, -0.2) is 6.61 Å². The zero-order valence-corrected chi connectivity index (χ0v) is 16.4. The van der Waals surface area contributed by atoms with E-state index in [0.29, 0.717) is 5.02 Å². The lowest BCUT2D eigenvalue weighted by Crippen LogP contribution is -1.97. The van der Waals surface area contributed by atoms with Gasteiger partial charge in [0.05, 0.1) is 11.6 Å². The van der Waals surface area contributed by atoms with Gasteiger partial charge in [-0.15, -0.1) is 0 Å². The Morgan fingerprint density at radius 1 is 0.760 bits per heavy atom. The van der Waals surface area contributed by atoms with Crippen LogP contribution in [-0.2, 0) is 6.42 Å². The van der Waals surface area contributed by atoms with Gasteiger partial charge in [0.1, 0.15) is 5.75 Å². The van der Waals surface area contributed by atoms with E-state index in [-0.39, 0.29) is 0 Å². The molecule has 0 aliphatic rings. The molecule has 136 valence electrons. The number of rotatable bonds is 11. The predicted molar refractivity (Wildman–Crippen MR) is 110 cm³/mol. The number of hydrogen-bond acceptors (Lipinski definition) is 1. The minimum absolute atomic E-state index is 0.694. The molecule has 0 atom stereocenters. The Morgan fingerprint density at radius 2 is 1.44 bits per heavy atom. The predicted octanol–water partition coefficient (Wildman–Crippen LogP) is 7.70. The SMILES string of the molecule is CCCCCCOc1ccc(-c2ccc(CCCCC)cc2)cc1Cl. The van der Waals surface area contributed by atoms with Gasteiger partial charge in [-0.1, -0.05) is 87.9 Å². The van der Waals surface area contributed by atoms with Gasteiger partial charge in [-0.2, -0.15) is 0 Å². The zero-order chi connectivity index (χ0) is 17.9. The normalized spacial score (nSPS) is 10.8. The molecule has 0 heterocycles. The smallest absolute Gasteiger partial charge is 0.137 e. The first-order chi connectivity index (χ1) is 12.2. The number of aryl methyl sites for hydroxylation is 1. The molecule has 0 aliphatic carbocycles. The monoisotopic (exact) mass is 358 g/mol. The Labute approximate surface area is 158 Å². The maximum absolute atomic E-state index is 6.41. The number of hydrogen-bond donors (Lipinski definition) is 0. The third kappa shape index (κ3) is 6.74. The third-order valence-corrected chi connectivity index (χ3v) is 4.84. The Balaban J connectivity index is 1.92. The molecule has 0 radical (unpaired) electrons. The van der Waals surface area contributed by atoms with Crippen molar-refractivity contribution in [2.75, 3.05) is 6.61 Å². The Hall–Kier alpha value is -1.47. The van der Waals surface area contributed by atoms with Crippen LogP contribution in [0.1, 0.15) is 64.4 Å². The summed E-state index contributed by atoms with van der Waals surface area (Å²) in [4.78, 5) is 0. The van der Waals surface area contributed by atoms with Gasteiger partial charge in [0.25, 0.3) is 0 Å². The highest BCUT2D eigenvalue weighted by atomic mass is 35.5. The van der Waals surface area contributed by atoms with E-state index in [1.54, 1.807) is 0 Å². The number of benzene rings is 2. The molecule has 0 unspecified atom stereocenters. The van der Waals surface area contributed by atoms with Crippen molar-refractivity contribution in [1.82, 2.24) is 0 Å². The fourth-order valence-corrected chi connectivity index (χ4v) is 3.19. The first kappa shape index (κ1) is 19.8. The molecule has 0 fully saturated rings. The molecule has 0 bridgehead atoms. The van der Waals surface area contributed by atoms with Crippen molar-refractivity contribution in [2.24, 2.45) is 0 Å². The summed E-state index contributed by atoms with van der Waals surface area (Å²) in [7, 11) is 0. The van der Waals surface area contributed by atoms with E-state index in [1.165, 1.54) is 56.1 Å². The minimum Gasteiger partial charge on any atom is -0.492 e. The standard InChI is InChI=1S/C23H31ClO/c1-3-5-7-9-17-25-23-16-15-21(18-22(23)24)20-13-11-19(12-14-20)10-8-6-4-2/h11-16,18H,3-10,17H2,1-2H3. The van der Waals surface area contributed by atoms with Crippen LogP contribution in [0.3, 0.4) is 0 Å². The lowest BCUT2D eigenvalue weighted by Gasteiger charge is -2.10. The first-order valence-electron chi connectivity index (χ1n) is 9.76. The summed E-state index contributed by atoms with van der Waals surface area (Å²) in [5, 5.41) is 0.694. The molecule has 0 N–H and O–H groups in total. The second kappa shape index (κ2) is 11.2. The molecule has 2 heteroatoms. The van der Waals surface area contributed by atoms with E-state index in [1.807, 2.05) is 12.1 Å². The summed E-state index contributed by atoms with van der Waals surface area (Å²) in [6, 6.07) is 14.9. The van der Waals surface area contributed by atoms with Crippen molar-refractivity contribution in [2.45, 2.75) is 65.2 Å². The molecular weight excluding hydrogens is 328 g/mol. The van der Waals surface area contributed by atoms with Crippen LogP contribution in [0.2, 0.25) is 5.02 Å². The summed E-state index contributed by atoms with van der Waals surface area (Å²) >= 11 is 6.41. The second-order valence-electron chi connectivity index (χ2n) is 6.71. The van der Waals surface area contributed by atoms with E-state index in [2.05, 4.69) is 44.2 Å². The van der Waals surface area contributed by atoms with Crippen LogP contribution in [0.4, 0.5) is 0 Å². The van der Waals surface area contributed by atoms with Crippen LogP contribution >= 0.6 is 11.6 Å². The van der Waals surface area contributed by atoms with Gasteiger partial charge >= 0.3 is 0 Å². The lowest BCUT2D eigenvalue weighted by atomic mass is 10.0. The molecule has 0 saturated heterocycles. The highest BCUT2D eigenvalue weighted by molar-refractivity contribution is 6.32. The van der Waals surface area contributed by atoms with Gasteiger partial charge in [0.15, 0.2) is 0 Å². The van der Waals surface area contributed by atoms with Crippen molar-refractivity contribution < 1.29 is 4.74 Å². The third-order valence-electron chi connectivity index (χ3n) is 4.54. The van der Waals surface area contributed by atoms with Gasteiger partial charge in [0.2, 0.25) is 0 Å². The van der Waals surface area contributed by atoms with Crippen molar-refractivity contribution in [3.63, 3.8) is 0 Å². The second-order valence-corrected chi connectivity index (χ2v) is 7.12. The van der Waals surface area contributed by atoms with E-state index in [9.17, 15) is 0 Å². The number of halogens is 1. The molecule has 1 nitrogen and oxygen atoms in total. The largest absolute Gasteiger partial charge is 0.492 e. The van der Waals surface area contributed by atoms with Crippen molar-refractivity contribution in [1.29, 1.82) is 0 Å². The quantitative estimate of drug-likeness (QED) is 0.374. The molecule has 2 aromatic carbocycles. The lowest BCUT2D eigenvalue weighted by molar-refractivity contribution is 0.305. The van der Waals surface area contributed by atoms with E-state index < -0.39 is 0 Å². The molecule has 0 amide bonds. The van der Waals surface area contributed by atoms with E-state index in [0.717, 1.165) is 24.3 Å². The highest BCUT2D eigenvalue weighted by Gasteiger charge is 2.05. The Bertz CT molecular complexity index is 618. The van der Waals surface area contributed by atoms with Gasteiger partial charge in [-0.25, -0.2) is 0 Å². The molecule has 0 spiro atoms. The molecule has 2 rings (SSSR count). The van der Waals surface area contributed by atoms with E-state index >= 15 is 0 Å². The fourth-order valence-electron chi connectivity index (χ4n) is 2.95. The highest BCUT2D eigenvalue weighted by Crippen LogP contribution is 2.31. The zero-order valence-electron chi connectivity index (χ0n) is 15.7. The van der Waals surface area contributed by atoms with Gasteiger partial charge in [-0.3, -0.25) is 0 Å². The van der Waals surface area contributed by atoms with Crippen LogP contribution in [0.15, 0.2) is 42.5 Å². The van der Waals surface area contributed by atoms with E-state index in [4.69, 9.17) is 16.3 Å². The van der Waals surface area contributed by atoms with Crippen LogP contribution in [0.25, 0.3) is 11.1 Å². The van der Waals surface area contributed by atoms with Crippen LogP contribution in [0.5, 0.6) is 5.75 Å². The summed E-state index contributed by atoms with van der Waals surface area (Å²) < 4.78 is 5.82. The fraction of sp³-hybridized carbons (Fsp3) is 0.478. The Kier molecular flexibility index (Phi) is 8.90. The average molecular weight is 359 g/mol. The maximum Gasteiger partial charge on any atom is 0.137 e. The molecule has 0 aliphatic heterocycles. The summed E-state index contributed by atoms with van der Waals surface area (Å²) in [5.41, 5.74) is 3.76. The topological polar surface area (TPSA) is 9.23 Å². The first-order valence-corrected chi connectivity index (χ1v) is 10.1.